The van der Waals surface area contributed by atoms with E-state index in [9.17, 15) is 14.4 Å². The molecular weight excluding hydrogens is 466 g/mol. The number of fused-ring (bicyclic) bond motifs is 1. The zero-order valence-electron chi connectivity index (χ0n) is 20.9. The molecule has 0 unspecified atom stereocenters. The van der Waals surface area contributed by atoms with Crippen LogP contribution in [0.2, 0.25) is 5.02 Å². The Balaban J connectivity index is 1.62. The summed E-state index contributed by atoms with van der Waals surface area (Å²) in [5.74, 6) is -0.557. The number of nitrogens with two attached hydrogens (primary N) is 1. The second kappa shape index (κ2) is 8.86. The second-order valence-corrected chi connectivity index (χ2v) is 11.2. The quantitative estimate of drug-likeness (QED) is 0.605. The van der Waals surface area contributed by atoms with Crippen LogP contribution >= 0.6 is 11.6 Å². The number of rotatable bonds is 3. The molecule has 4 rings (SSSR count). The fraction of sp³-hybridized carbons (Fsp3) is 0.444. The standard InChI is InChI=1S/C27H32ClN3O4/c1-26(2,3)35-25(34)30-13-11-16(12-14-30)17-9-10-20-18(15-17)27(4,5)24(33)31(20)21-8-6-7-19(28)22(21)23(29)32/h6-10,15-16H,11-14H2,1-5H3,(H2,29,32). The summed E-state index contributed by atoms with van der Waals surface area (Å²) in [6.07, 6.45) is 1.35. The molecule has 0 bridgehead atoms. The van der Waals surface area contributed by atoms with Gasteiger partial charge in [-0.05, 0) is 82.7 Å². The van der Waals surface area contributed by atoms with Crippen LogP contribution in [0.1, 0.15) is 74.9 Å². The van der Waals surface area contributed by atoms with E-state index in [1.807, 2.05) is 46.8 Å². The van der Waals surface area contributed by atoms with Gasteiger partial charge in [-0.2, -0.15) is 0 Å². The van der Waals surface area contributed by atoms with Gasteiger partial charge in [-0.25, -0.2) is 4.79 Å². The summed E-state index contributed by atoms with van der Waals surface area (Å²) in [6, 6.07) is 11.0. The Hall–Kier alpha value is -3.06. The van der Waals surface area contributed by atoms with Crippen molar-refractivity contribution in [2.24, 2.45) is 5.73 Å². The first-order valence-corrected chi connectivity index (χ1v) is 12.2. The number of amides is 3. The number of halogens is 1. The summed E-state index contributed by atoms with van der Waals surface area (Å²) in [5, 5.41) is 0.211. The minimum atomic E-state index is -0.792. The molecule has 8 heteroatoms. The van der Waals surface area contributed by atoms with Gasteiger partial charge in [-0.3, -0.25) is 14.5 Å². The molecule has 1 saturated heterocycles. The molecule has 3 amide bonds. The zero-order chi connectivity index (χ0) is 25.7. The molecule has 7 nitrogen and oxygen atoms in total. The summed E-state index contributed by atoms with van der Waals surface area (Å²) in [6.45, 7) is 10.6. The molecule has 2 aromatic rings. The Bertz CT molecular complexity index is 1190. The number of likely N-dealkylation sites (tertiary alicyclic amines) is 1. The normalized spacial score (nSPS) is 17.9. The molecule has 0 radical (unpaired) electrons. The first kappa shape index (κ1) is 25.0. The number of ether oxygens (including phenoxy) is 1. The largest absolute Gasteiger partial charge is 0.444 e. The number of benzene rings is 2. The fourth-order valence-corrected chi connectivity index (χ4v) is 5.17. The lowest BCUT2D eigenvalue weighted by Crippen LogP contribution is -2.41. The summed E-state index contributed by atoms with van der Waals surface area (Å²) in [5.41, 5.74) is 7.56. The first-order valence-electron chi connectivity index (χ1n) is 11.9. The SMILES string of the molecule is CC(C)(C)OC(=O)N1CCC(c2ccc3c(c2)C(C)(C)C(=O)N3c2cccc(Cl)c2C(N)=O)CC1. The maximum Gasteiger partial charge on any atom is 0.410 e. The molecule has 186 valence electrons. The Kier molecular flexibility index (Phi) is 6.34. The molecule has 0 aliphatic carbocycles. The molecule has 2 aliphatic heterocycles. The van der Waals surface area contributed by atoms with Crippen LogP contribution in [0.3, 0.4) is 0 Å². The predicted octanol–water partition coefficient (Wildman–Crippen LogP) is 5.51. The van der Waals surface area contributed by atoms with E-state index < -0.39 is 16.9 Å². The highest BCUT2D eigenvalue weighted by atomic mass is 35.5. The van der Waals surface area contributed by atoms with Crippen LogP contribution in [0.25, 0.3) is 0 Å². The first-order chi connectivity index (χ1) is 16.3. The molecule has 0 spiro atoms. The average Bonchev–Trinajstić information content (AvgIpc) is 2.97. The molecule has 1 fully saturated rings. The van der Waals surface area contributed by atoms with Gasteiger partial charge in [-0.15, -0.1) is 0 Å². The van der Waals surface area contributed by atoms with Crippen LogP contribution in [0.5, 0.6) is 0 Å². The molecule has 0 aromatic heterocycles. The third-order valence-corrected chi connectivity index (χ3v) is 7.08. The van der Waals surface area contributed by atoms with E-state index in [1.165, 1.54) is 0 Å². The van der Waals surface area contributed by atoms with E-state index in [1.54, 1.807) is 28.0 Å². The van der Waals surface area contributed by atoms with Gasteiger partial charge in [0.25, 0.3) is 5.91 Å². The Morgan fingerprint density at radius 1 is 1.09 bits per heavy atom. The summed E-state index contributed by atoms with van der Waals surface area (Å²) in [4.78, 5) is 41.4. The van der Waals surface area contributed by atoms with Crippen molar-refractivity contribution >= 4 is 40.9 Å². The van der Waals surface area contributed by atoms with Crippen molar-refractivity contribution in [2.45, 2.75) is 64.4 Å². The lowest BCUT2D eigenvalue weighted by molar-refractivity contribution is -0.121. The van der Waals surface area contributed by atoms with E-state index in [0.717, 1.165) is 29.7 Å². The van der Waals surface area contributed by atoms with E-state index in [2.05, 4.69) is 6.07 Å². The predicted molar refractivity (Wildman–Crippen MR) is 136 cm³/mol. The molecule has 2 aromatic carbocycles. The van der Waals surface area contributed by atoms with E-state index in [0.29, 0.717) is 18.8 Å². The van der Waals surface area contributed by atoms with Crippen molar-refractivity contribution in [3.8, 4) is 0 Å². The smallest absolute Gasteiger partial charge is 0.410 e. The number of primary amides is 1. The minimum Gasteiger partial charge on any atom is -0.444 e. The van der Waals surface area contributed by atoms with Gasteiger partial charge in [0.15, 0.2) is 0 Å². The maximum absolute atomic E-state index is 13.6. The van der Waals surface area contributed by atoms with Crippen molar-refractivity contribution in [3.05, 3.63) is 58.1 Å². The molecule has 35 heavy (non-hydrogen) atoms. The molecule has 2 aliphatic rings. The third kappa shape index (κ3) is 4.61. The van der Waals surface area contributed by atoms with Gasteiger partial charge in [0.1, 0.15) is 5.60 Å². The Labute approximate surface area is 211 Å². The highest BCUT2D eigenvalue weighted by Gasteiger charge is 2.46. The topological polar surface area (TPSA) is 92.9 Å². The number of hydrogen-bond acceptors (Lipinski definition) is 4. The van der Waals surface area contributed by atoms with Crippen LogP contribution in [-0.4, -0.2) is 41.5 Å². The zero-order valence-corrected chi connectivity index (χ0v) is 21.6. The summed E-state index contributed by atoms with van der Waals surface area (Å²) < 4.78 is 5.51. The second-order valence-electron chi connectivity index (χ2n) is 10.8. The van der Waals surface area contributed by atoms with Crippen LogP contribution in [0, 0.1) is 0 Å². The Morgan fingerprint density at radius 3 is 2.34 bits per heavy atom. The monoisotopic (exact) mass is 497 g/mol. The summed E-state index contributed by atoms with van der Waals surface area (Å²) >= 11 is 6.27. The number of carbonyl (C=O) groups excluding carboxylic acids is 3. The average molecular weight is 498 g/mol. The lowest BCUT2D eigenvalue weighted by atomic mass is 9.82. The van der Waals surface area contributed by atoms with Gasteiger partial charge in [0, 0.05) is 13.1 Å². The molecule has 2 heterocycles. The molecular formula is C27H32ClN3O4. The number of nitrogens with zero attached hydrogens (tertiary/aromatic N) is 2. The highest BCUT2D eigenvalue weighted by molar-refractivity contribution is 6.35. The van der Waals surface area contributed by atoms with E-state index in [4.69, 9.17) is 22.1 Å². The van der Waals surface area contributed by atoms with Crippen LogP contribution in [0.4, 0.5) is 16.2 Å². The lowest BCUT2D eigenvalue weighted by Gasteiger charge is -2.34. The minimum absolute atomic E-state index is 0.129. The van der Waals surface area contributed by atoms with Crippen molar-refractivity contribution in [1.82, 2.24) is 4.90 Å². The molecule has 0 saturated carbocycles. The highest BCUT2D eigenvalue weighted by Crippen LogP contribution is 2.48. The number of hydrogen-bond donors (Lipinski definition) is 1. The van der Waals surface area contributed by atoms with Crippen molar-refractivity contribution in [1.29, 1.82) is 0 Å². The van der Waals surface area contributed by atoms with Gasteiger partial charge >= 0.3 is 6.09 Å². The van der Waals surface area contributed by atoms with Crippen molar-refractivity contribution < 1.29 is 19.1 Å². The van der Waals surface area contributed by atoms with Gasteiger partial charge < -0.3 is 15.4 Å². The maximum atomic E-state index is 13.6. The van der Waals surface area contributed by atoms with Crippen molar-refractivity contribution in [3.63, 3.8) is 0 Å². The number of piperidine rings is 1. The van der Waals surface area contributed by atoms with Crippen LogP contribution in [-0.2, 0) is 14.9 Å². The summed E-state index contributed by atoms with van der Waals surface area (Å²) in [7, 11) is 0. The number of carbonyl (C=O) groups is 3. The van der Waals surface area contributed by atoms with Gasteiger partial charge in [0.05, 0.1) is 27.4 Å². The van der Waals surface area contributed by atoms with Crippen LogP contribution in [0.15, 0.2) is 36.4 Å². The van der Waals surface area contributed by atoms with Crippen LogP contribution < -0.4 is 10.6 Å². The molecule has 2 N–H and O–H groups in total. The van der Waals surface area contributed by atoms with Crippen molar-refractivity contribution in [2.75, 3.05) is 18.0 Å². The molecule has 0 atom stereocenters. The van der Waals surface area contributed by atoms with Gasteiger partial charge in [0.2, 0.25) is 5.91 Å². The van der Waals surface area contributed by atoms with E-state index >= 15 is 0 Å². The van der Waals surface area contributed by atoms with E-state index in [-0.39, 0.29) is 28.5 Å². The number of anilines is 2. The Morgan fingerprint density at radius 2 is 1.74 bits per heavy atom. The fourth-order valence-electron chi connectivity index (χ4n) is 4.91. The third-order valence-electron chi connectivity index (χ3n) is 6.77. The van der Waals surface area contributed by atoms with Gasteiger partial charge in [-0.1, -0.05) is 29.8 Å².